The summed E-state index contributed by atoms with van der Waals surface area (Å²) in [7, 11) is -4.74. The van der Waals surface area contributed by atoms with Gasteiger partial charge in [-0.25, -0.2) is 0 Å². The van der Waals surface area contributed by atoms with Gasteiger partial charge in [0.25, 0.3) is 21.9 Å². The van der Waals surface area contributed by atoms with Gasteiger partial charge >= 0.3 is 5.97 Å². The van der Waals surface area contributed by atoms with E-state index in [1.807, 2.05) is 0 Å². The second-order valence-electron chi connectivity index (χ2n) is 12.6. The first-order valence-electron chi connectivity index (χ1n) is 15.9. The molecule has 0 saturated carbocycles. The molecule has 5 N–H and O–H groups in total. The van der Waals surface area contributed by atoms with E-state index in [2.05, 4.69) is 33.9 Å². The van der Waals surface area contributed by atoms with Gasteiger partial charge in [0.2, 0.25) is 23.6 Å². The number of amides is 6. The predicted octanol–water partition coefficient (Wildman–Crippen LogP) is 0.880. The van der Waals surface area contributed by atoms with Crippen LogP contribution in [0.15, 0.2) is 36.4 Å². The van der Waals surface area contributed by atoms with Crippen molar-refractivity contribution in [1.29, 1.82) is 0 Å². The first-order chi connectivity index (χ1) is 23.2. The van der Waals surface area contributed by atoms with Crippen LogP contribution in [0.4, 0.5) is 5.69 Å². The number of ether oxygens (including phenoxy) is 1. The van der Waals surface area contributed by atoms with Crippen molar-refractivity contribution in [3.8, 4) is 0 Å². The molecule has 0 radical (unpaired) electrons. The Morgan fingerprint density at radius 3 is 2.02 bits per heavy atom. The number of carbonyl (C=O) groups excluding carboxylic acids is 7. The Morgan fingerprint density at radius 2 is 1.48 bits per heavy atom. The number of anilines is 1. The molecule has 1 aromatic carbocycles. The number of nitrogens with zero attached hydrogens (tertiary/aromatic N) is 1. The van der Waals surface area contributed by atoms with E-state index in [0.717, 1.165) is 4.90 Å². The lowest BCUT2D eigenvalue weighted by Crippen LogP contribution is -2.58. The van der Waals surface area contributed by atoms with Crippen LogP contribution in [-0.4, -0.2) is 94.5 Å². The first kappa shape index (κ1) is 41.9. The lowest BCUT2D eigenvalue weighted by molar-refractivity contribution is -0.147. The molecule has 50 heavy (non-hydrogen) atoms. The molecule has 0 spiro atoms. The Morgan fingerprint density at radius 1 is 0.880 bits per heavy atom. The van der Waals surface area contributed by atoms with Gasteiger partial charge in [0.1, 0.15) is 35.2 Å². The van der Waals surface area contributed by atoms with Gasteiger partial charge in [-0.15, -0.1) is 0 Å². The number of rotatable bonds is 19. The minimum Gasteiger partial charge on any atom is -0.460 e. The molecule has 1 aromatic rings. The Labute approximate surface area is 296 Å². The van der Waals surface area contributed by atoms with E-state index >= 15 is 0 Å². The van der Waals surface area contributed by atoms with Gasteiger partial charge in [0.15, 0.2) is 0 Å². The summed E-state index contributed by atoms with van der Waals surface area (Å²) in [6, 6.07) is 2.37. The molecule has 18 heteroatoms. The first-order valence-corrected chi connectivity index (χ1v) is 17.9. The van der Waals surface area contributed by atoms with Crippen LogP contribution >= 0.6 is 12.6 Å². The summed E-state index contributed by atoms with van der Waals surface area (Å²) in [6.45, 7) is 8.00. The third-order valence-corrected chi connectivity index (χ3v) is 8.24. The zero-order chi connectivity index (χ0) is 37.8. The Hall–Kier alpha value is -4.29. The Bertz CT molecular complexity index is 1550. The molecule has 0 fully saturated rings. The maximum Gasteiger partial charge on any atom is 0.321 e. The van der Waals surface area contributed by atoms with E-state index in [4.69, 9.17) is 4.74 Å². The number of esters is 1. The Kier molecular flexibility index (Phi) is 15.6. The number of carbonyl (C=O) groups is 7. The van der Waals surface area contributed by atoms with Gasteiger partial charge in [-0.1, -0.05) is 32.4 Å². The van der Waals surface area contributed by atoms with E-state index < -0.39 is 86.1 Å². The molecule has 0 aromatic heterocycles. The van der Waals surface area contributed by atoms with Crippen molar-refractivity contribution in [3.05, 3.63) is 42.0 Å². The number of thiol groups is 1. The van der Waals surface area contributed by atoms with Crippen molar-refractivity contribution >= 4 is 69.8 Å². The third-order valence-electron chi connectivity index (χ3n) is 7.30. The smallest absolute Gasteiger partial charge is 0.321 e. The number of hydrogen-bond donors (Lipinski definition) is 6. The highest BCUT2D eigenvalue weighted by atomic mass is 32.2. The van der Waals surface area contributed by atoms with Crippen LogP contribution in [0.5, 0.6) is 0 Å². The van der Waals surface area contributed by atoms with Crippen molar-refractivity contribution in [2.75, 3.05) is 17.6 Å². The van der Waals surface area contributed by atoms with Crippen molar-refractivity contribution in [3.63, 3.8) is 0 Å². The quantitative estimate of drug-likeness (QED) is 0.0383. The van der Waals surface area contributed by atoms with Gasteiger partial charge in [-0.2, -0.15) is 21.0 Å². The molecule has 0 bridgehead atoms. The number of unbranched alkanes of at least 4 members (excludes halogenated alkanes) is 2. The summed E-state index contributed by atoms with van der Waals surface area (Å²) < 4.78 is 37.0. The molecule has 0 saturated heterocycles. The lowest BCUT2D eigenvalue weighted by Gasteiger charge is -2.26. The molecule has 1 heterocycles. The fourth-order valence-electron chi connectivity index (χ4n) is 4.46. The molecule has 3 atom stereocenters. The second kappa shape index (κ2) is 18.6. The van der Waals surface area contributed by atoms with Crippen LogP contribution in [0.3, 0.4) is 0 Å². The van der Waals surface area contributed by atoms with E-state index in [0.29, 0.717) is 30.5 Å². The average Bonchev–Trinajstić information content (AvgIpc) is 3.33. The minimum absolute atomic E-state index is 0.00587. The van der Waals surface area contributed by atoms with Crippen LogP contribution in [0.25, 0.3) is 0 Å². The summed E-state index contributed by atoms with van der Waals surface area (Å²) >= 11 is 4.16. The van der Waals surface area contributed by atoms with E-state index in [1.165, 1.54) is 19.1 Å². The second-order valence-corrected chi connectivity index (χ2v) is 15.2. The van der Waals surface area contributed by atoms with Crippen molar-refractivity contribution in [2.24, 2.45) is 5.92 Å². The minimum atomic E-state index is -4.74. The summed E-state index contributed by atoms with van der Waals surface area (Å²) in [6.07, 6.45) is 3.36. The van der Waals surface area contributed by atoms with Gasteiger partial charge < -0.3 is 26.0 Å². The molecule has 1 aliphatic heterocycles. The highest BCUT2D eigenvalue weighted by Crippen LogP contribution is 2.17. The molecule has 1 aliphatic rings. The molecule has 16 nitrogen and oxygen atoms in total. The summed E-state index contributed by atoms with van der Waals surface area (Å²) in [5.41, 5.74) is 1.06. The van der Waals surface area contributed by atoms with Crippen molar-refractivity contribution in [1.82, 2.24) is 20.9 Å². The van der Waals surface area contributed by atoms with Gasteiger partial charge in [0.05, 0.1) is 0 Å². The molecule has 6 amide bonds. The number of hydrogen-bond acceptors (Lipinski definition) is 11. The van der Waals surface area contributed by atoms with Crippen LogP contribution in [0.1, 0.15) is 65.9 Å². The largest absolute Gasteiger partial charge is 0.460 e. The van der Waals surface area contributed by atoms with Crippen LogP contribution in [0.2, 0.25) is 0 Å². The zero-order valence-electron chi connectivity index (χ0n) is 28.6. The fourth-order valence-corrected chi connectivity index (χ4v) is 5.18. The van der Waals surface area contributed by atoms with E-state index in [1.54, 1.807) is 52.0 Å². The van der Waals surface area contributed by atoms with Gasteiger partial charge in [-0.3, -0.25) is 43.0 Å². The predicted molar refractivity (Wildman–Crippen MR) is 185 cm³/mol. The normalized spacial score (nSPS) is 14.9. The highest BCUT2D eigenvalue weighted by molar-refractivity contribution is 7.85. The van der Waals surface area contributed by atoms with Gasteiger partial charge in [-0.05, 0) is 57.2 Å². The van der Waals surface area contributed by atoms with Crippen LogP contribution in [0, 0.1) is 5.92 Å². The zero-order valence-corrected chi connectivity index (χ0v) is 30.3. The van der Waals surface area contributed by atoms with Crippen LogP contribution < -0.4 is 21.3 Å². The highest BCUT2D eigenvalue weighted by Gasteiger charge is 2.32. The maximum atomic E-state index is 13.1. The summed E-state index contributed by atoms with van der Waals surface area (Å²) in [5.74, 6) is -6.14. The summed E-state index contributed by atoms with van der Waals surface area (Å²) in [4.78, 5) is 87.8. The lowest BCUT2D eigenvalue weighted by atomic mass is 10.0. The topological polar surface area (TPSA) is 234 Å². The van der Waals surface area contributed by atoms with E-state index in [-0.39, 0.29) is 19.6 Å². The monoisotopic (exact) mass is 739 g/mol. The molecule has 0 aliphatic carbocycles. The number of nitrogens with one attached hydrogen (secondary N) is 4. The third kappa shape index (κ3) is 14.3. The Balaban J connectivity index is 1.92. The van der Waals surface area contributed by atoms with Crippen molar-refractivity contribution < 1.29 is 51.3 Å². The number of benzene rings is 1. The van der Waals surface area contributed by atoms with E-state index in [9.17, 15) is 46.5 Å². The molecule has 2 rings (SSSR count). The molecular formula is C32H45N5O11S2. The number of imide groups is 1. The maximum absolute atomic E-state index is 13.1. The molecular weight excluding hydrogens is 695 g/mol. The van der Waals surface area contributed by atoms with Gasteiger partial charge in [0, 0.05) is 30.8 Å². The van der Waals surface area contributed by atoms with Crippen LogP contribution in [-0.2, 0) is 55.0 Å². The summed E-state index contributed by atoms with van der Waals surface area (Å²) in [5, 5.41) is 9.82. The molecule has 0 unspecified atom stereocenters. The SMILES string of the molecule is CC(C)[C@@H](NC(=O)[C@@H](CS(=O)(=O)O)NC(=O)CCCCCN1C(=O)C=CC1=O)C(=O)N[C@H](C)C(=O)Nc1ccc(COC(=O)C(C)(C)S)cc1. The fraction of sp³-hybridized carbons (Fsp3) is 0.531. The molecule has 276 valence electrons. The average molecular weight is 740 g/mol. The van der Waals surface area contributed by atoms with Crippen molar-refractivity contribution in [2.45, 2.75) is 89.8 Å². The standard InChI is InChI=1S/C32H45N5O11S2/c1-19(2)27(30(43)33-20(3)28(41)34-22-12-10-21(11-13-22)17-48-31(44)32(4,5)49)36-29(42)23(18-50(45,46)47)35-24(38)9-7-6-8-16-37-25(39)14-15-26(37)40/h10-15,19-20,23,27,49H,6-9,16-18H2,1-5H3,(H,33,43)(H,34,41)(H,35,38)(H,36,42)(H,45,46,47)/t20-,23-,27-/m1/s1.